The minimum Gasteiger partial charge on any atom is -0.506 e. The summed E-state index contributed by atoms with van der Waals surface area (Å²) in [5.41, 5.74) is 8.93. The fourth-order valence-electron chi connectivity index (χ4n) is 3.16. The highest BCUT2D eigenvalue weighted by Crippen LogP contribution is 2.31. The summed E-state index contributed by atoms with van der Waals surface area (Å²) in [6, 6.07) is 4.45. The van der Waals surface area contributed by atoms with E-state index in [4.69, 9.17) is 5.73 Å². The molecule has 0 bridgehead atoms. The minimum atomic E-state index is 0. The molecule has 0 fully saturated rings. The van der Waals surface area contributed by atoms with Gasteiger partial charge in [0.2, 0.25) is 0 Å². The van der Waals surface area contributed by atoms with Gasteiger partial charge in [0.1, 0.15) is 5.75 Å². The summed E-state index contributed by atoms with van der Waals surface area (Å²) >= 11 is 0. The van der Waals surface area contributed by atoms with Gasteiger partial charge in [-0.15, -0.1) is 34.0 Å². The second-order valence-corrected chi connectivity index (χ2v) is 5.61. The number of phenolic OH excluding ortho intramolecular Hbond substituents is 1. The first-order valence-electron chi connectivity index (χ1n) is 7.50. The molecule has 5 heteroatoms. The maximum atomic E-state index is 9.68. The Hall–Kier alpha value is -0.260. The lowest BCUT2D eigenvalue weighted by atomic mass is 9.86. The average molecular weight is 424 g/mol. The standard InChI is InChI=1S/C16H26N2O.2BrH/c1-3-7-18(8-4-2)14-6-5-12-11-16(19)15(17)10-13(12)9-14;;/h10-11,14,19H,3-9,17H2,1-2H3;2*1H. The van der Waals surface area contributed by atoms with Crippen molar-refractivity contribution in [3.63, 3.8) is 0 Å². The van der Waals surface area contributed by atoms with Crippen molar-refractivity contribution in [2.75, 3.05) is 18.8 Å². The van der Waals surface area contributed by atoms with E-state index < -0.39 is 0 Å². The molecule has 0 amide bonds. The van der Waals surface area contributed by atoms with Gasteiger partial charge in [0, 0.05) is 6.04 Å². The van der Waals surface area contributed by atoms with E-state index in [1.54, 1.807) is 0 Å². The molecule has 0 aromatic heterocycles. The third-order valence-corrected chi connectivity index (χ3v) is 4.09. The predicted octanol–water partition coefficient (Wildman–Crippen LogP) is 4.11. The summed E-state index contributed by atoms with van der Waals surface area (Å²) in [5.74, 6) is 0.233. The Morgan fingerprint density at radius 1 is 1.14 bits per heavy atom. The lowest BCUT2D eigenvalue weighted by molar-refractivity contribution is 0.180. The van der Waals surface area contributed by atoms with Crippen LogP contribution in [0.15, 0.2) is 12.1 Å². The summed E-state index contributed by atoms with van der Waals surface area (Å²) in [5, 5.41) is 9.68. The molecule has 1 aromatic rings. The topological polar surface area (TPSA) is 49.5 Å². The third kappa shape index (κ3) is 5.15. The van der Waals surface area contributed by atoms with Crippen molar-refractivity contribution in [3.05, 3.63) is 23.3 Å². The molecule has 1 aliphatic carbocycles. The van der Waals surface area contributed by atoms with E-state index in [-0.39, 0.29) is 39.7 Å². The summed E-state index contributed by atoms with van der Waals surface area (Å²) in [7, 11) is 0. The van der Waals surface area contributed by atoms with Crippen molar-refractivity contribution >= 4 is 39.7 Å². The molecular weight excluding hydrogens is 396 g/mol. The number of hydrogen-bond acceptors (Lipinski definition) is 3. The molecule has 2 rings (SSSR count). The van der Waals surface area contributed by atoms with Crippen LogP contribution in [0.4, 0.5) is 5.69 Å². The molecule has 0 aliphatic heterocycles. The maximum absolute atomic E-state index is 9.68. The number of nitrogen functional groups attached to an aromatic ring is 1. The van der Waals surface area contributed by atoms with E-state index in [0.717, 1.165) is 12.8 Å². The highest BCUT2D eigenvalue weighted by atomic mass is 79.9. The van der Waals surface area contributed by atoms with Gasteiger partial charge in [-0.25, -0.2) is 0 Å². The van der Waals surface area contributed by atoms with Crippen molar-refractivity contribution in [2.24, 2.45) is 0 Å². The molecule has 0 radical (unpaired) electrons. The van der Waals surface area contributed by atoms with Gasteiger partial charge in [-0.3, -0.25) is 0 Å². The molecule has 1 atom stereocenters. The largest absolute Gasteiger partial charge is 0.506 e. The zero-order valence-corrected chi connectivity index (χ0v) is 16.4. The number of benzene rings is 1. The van der Waals surface area contributed by atoms with Gasteiger partial charge in [-0.05, 0) is 68.5 Å². The fraction of sp³-hybridized carbons (Fsp3) is 0.625. The van der Waals surface area contributed by atoms with Gasteiger partial charge in [-0.1, -0.05) is 13.8 Å². The summed E-state index contributed by atoms with van der Waals surface area (Å²) < 4.78 is 0. The molecule has 21 heavy (non-hydrogen) atoms. The highest BCUT2D eigenvalue weighted by molar-refractivity contribution is 8.93. The molecule has 122 valence electrons. The average Bonchev–Trinajstić information content (AvgIpc) is 2.39. The van der Waals surface area contributed by atoms with E-state index in [2.05, 4.69) is 18.7 Å². The Kier molecular flexibility index (Phi) is 9.58. The Morgan fingerprint density at radius 2 is 1.76 bits per heavy atom. The molecule has 0 heterocycles. The first kappa shape index (κ1) is 20.7. The molecule has 3 N–H and O–H groups in total. The second-order valence-electron chi connectivity index (χ2n) is 5.61. The number of halogens is 2. The molecule has 1 aromatic carbocycles. The minimum absolute atomic E-state index is 0. The fourth-order valence-corrected chi connectivity index (χ4v) is 3.16. The van der Waals surface area contributed by atoms with Crippen LogP contribution in [0.5, 0.6) is 5.75 Å². The number of aryl methyl sites for hydroxylation is 1. The van der Waals surface area contributed by atoms with Crippen LogP contribution in [0.3, 0.4) is 0 Å². The van der Waals surface area contributed by atoms with E-state index in [0.29, 0.717) is 11.7 Å². The van der Waals surface area contributed by atoms with Crippen molar-refractivity contribution in [2.45, 2.75) is 52.0 Å². The number of rotatable bonds is 5. The molecule has 3 nitrogen and oxygen atoms in total. The summed E-state index contributed by atoms with van der Waals surface area (Å²) in [6.07, 6.45) is 5.73. The third-order valence-electron chi connectivity index (χ3n) is 4.09. The van der Waals surface area contributed by atoms with Gasteiger partial charge in [0.25, 0.3) is 0 Å². The number of nitrogens with zero attached hydrogens (tertiary/aromatic N) is 1. The lowest BCUT2D eigenvalue weighted by Gasteiger charge is -2.35. The van der Waals surface area contributed by atoms with Crippen molar-refractivity contribution in [3.8, 4) is 5.75 Å². The predicted molar refractivity (Wildman–Crippen MR) is 101 cm³/mol. The van der Waals surface area contributed by atoms with Crippen LogP contribution in [0.1, 0.15) is 44.2 Å². The molecule has 0 saturated carbocycles. The number of anilines is 1. The van der Waals surface area contributed by atoms with Gasteiger partial charge in [0.15, 0.2) is 0 Å². The second kappa shape index (κ2) is 9.70. The zero-order chi connectivity index (χ0) is 13.8. The smallest absolute Gasteiger partial charge is 0.138 e. The van der Waals surface area contributed by atoms with Crippen LogP contribution in [-0.4, -0.2) is 29.1 Å². The molecule has 0 saturated heterocycles. The molecule has 1 aliphatic rings. The van der Waals surface area contributed by atoms with Crippen LogP contribution in [0.25, 0.3) is 0 Å². The molecule has 1 unspecified atom stereocenters. The number of fused-ring (bicyclic) bond motifs is 1. The first-order valence-corrected chi connectivity index (χ1v) is 7.50. The van der Waals surface area contributed by atoms with Gasteiger partial charge >= 0.3 is 0 Å². The number of phenols is 1. The maximum Gasteiger partial charge on any atom is 0.138 e. The lowest BCUT2D eigenvalue weighted by Crippen LogP contribution is -2.40. The van der Waals surface area contributed by atoms with Gasteiger partial charge in [0.05, 0.1) is 5.69 Å². The molecule has 0 spiro atoms. The Bertz CT molecular complexity index is 435. The number of hydrogen-bond donors (Lipinski definition) is 2. The van der Waals surface area contributed by atoms with E-state index in [1.165, 1.54) is 43.5 Å². The Balaban J connectivity index is 0.00000200. The number of aromatic hydroxyl groups is 1. The molecular formula is C16H28Br2N2O. The SMILES string of the molecule is Br.Br.CCCN(CCC)C1CCc2cc(O)c(N)cc2C1. The van der Waals surface area contributed by atoms with Crippen LogP contribution < -0.4 is 5.73 Å². The Labute approximate surface area is 149 Å². The van der Waals surface area contributed by atoms with Crippen molar-refractivity contribution in [1.82, 2.24) is 4.90 Å². The van der Waals surface area contributed by atoms with Crippen LogP contribution in [0.2, 0.25) is 0 Å². The first-order chi connectivity index (χ1) is 9.15. The quantitative estimate of drug-likeness (QED) is 0.553. The van der Waals surface area contributed by atoms with Gasteiger partial charge in [-0.2, -0.15) is 0 Å². The Morgan fingerprint density at radius 3 is 2.33 bits per heavy atom. The van der Waals surface area contributed by atoms with Crippen LogP contribution >= 0.6 is 34.0 Å². The monoisotopic (exact) mass is 422 g/mol. The van der Waals surface area contributed by atoms with E-state index in [9.17, 15) is 5.11 Å². The van der Waals surface area contributed by atoms with Crippen molar-refractivity contribution in [1.29, 1.82) is 0 Å². The van der Waals surface area contributed by atoms with Crippen LogP contribution in [-0.2, 0) is 12.8 Å². The highest BCUT2D eigenvalue weighted by Gasteiger charge is 2.24. The van der Waals surface area contributed by atoms with Crippen LogP contribution in [0, 0.1) is 0 Å². The van der Waals surface area contributed by atoms with Gasteiger partial charge < -0.3 is 15.7 Å². The summed E-state index contributed by atoms with van der Waals surface area (Å²) in [4.78, 5) is 2.62. The van der Waals surface area contributed by atoms with E-state index >= 15 is 0 Å². The normalized spacial score (nSPS) is 16.8. The number of nitrogens with two attached hydrogens (primary N) is 1. The van der Waals surface area contributed by atoms with E-state index in [1.807, 2.05) is 12.1 Å². The zero-order valence-electron chi connectivity index (χ0n) is 13.0. The van der Waals surface area contributed by atoms with Crippen molar-refractivity contribution < 1.29 is 5.11 Å². The summed E-state index contributed by atoms with van der Waals surface area (Å²) in [6.45, 7) is 6.85.